The quantitative estimate of drug-likeness (QED) is 0.919. The summed E-state index contributed by atoms with van der Waals surface area (Å²) in [5.74, 6) is 0. The number of rotatable bonds is 3. The predicted molar refractivity (Wildman–Crippen MR) is 88.7 cm³/mol. The van der Waals surface area contributed by atoms with Gasteiger partial charge in [-0.3, -0.25) is 0 Å². The normalized spacial score (nSPS) is 15.0. The van der Waals surface area contributed by atoms with E-state index in [4.69, 9.17) is 16.3 Å². The molecule has 1 N–H and O–H groups in total. The van der Waals surface area contributed by atoms with Crippen LogP contribution in [0.1, 0.15) is 12.0 Å². The van der Waals surface area contributed by atoms with Gasteiger partial charge in [0.15, 0.2) is 0 Å². The zero-order chi connectivity index (χ0) is 16.7. The Morgan fingerprint density at radius 3 is 2.70 bits per heavy atom. The molecule has 23 heavy (non-hydrogen) atoms. The van der Waals surface area contributed by atoms with Crippen LogP contribution in [-0.2, 0) is 11.2 Å². The van der Waals surface area contributed by atoms with E-state index in [2.05, 4.69) is 5.32 Å². The first-order valence-corrected chi connectivity index (χ1v) is 8.08. The molecule has 1 aromatic carbocycles. The minimum Gasteiger partial charge on any atom is -0.453 e. The molecule has 0 aromatic heterocycles. The molecule has 0 saturated carbocycles. The van der Waals surface area contributed by atoms with Crippen molar-refractivity contribution in [2.75, 3.05) is 39.8 Å². The van der Waals surface area contributed by atoms with E-state index in [0.29, 0.717) is 37.7 Å². The molecule has 1 aliphatic heterocycles. The van der Waals surface area contributed by atoms with Crippen LogP contribution in [0.15, 0.2) is 24.3 Å². The van der Waals surface area contributed by atoms with Gasteiger partial charge in [-0.05, 0) is 30.5 Å². The monoisotopic (exact) mass is 339 g/mol. The molecule has 1 saturated heterocycles. The van der Waals surface area contributed by atoms with Gasteiger partial charge in [-0.15, -0.1) is 0 Å². The van der Waals surface area contributed by atoms with Gasteiger partial charge in [0.2, 0.25) is 0 Å². The fraction of sp³-hybridized carbons (Fsp3) is 0.500. The third-order valence-electron chi connectivity index (χ3n) is 3.79. The molecule has 7 heteroatoms. The second-order valence-electron chi connectivity index (χ2n) is 5.41. The van der Waals surface area contributed by atoms with Crippen molar-refractivity contribution < 1.29 is 14.3 Å². The molecule has 0 atom stereocenters. The average molecular weight is 340 g/mol. The lowest BCUT2D eigenvalue weighted by molar-refractivity contribution is 0.125. The van der Waals surface area contributed by atoms with Crippen molar-refractivity contribution in [2.24, 2.45) is 0 Å². The van der Waals surface area contributed by atoms with Gasteiger partial charge < -0.3 is 19.9 Å². The maximum absolute atomic E-state index is 12.2. The molecule has 6 nitrogen and oxygen atoms in total. The second kappa shape index (κ2) is 8.62. The van der Waals surface area contributed by atoms with E-state index in [9.17, 15) is 9.59 Å². The molecule has 2 rings (SSSR count). The molecule has 1 aromatic rings. The maximum atomic E-state index is 12.2. The van der Waals surface area contributed by atoms with E-state index in [1.165, 1.54) is 7.11 Å². The van der Waals surface area contributed by atoms with Crippen molar-refractivity contribution in [3.05, 3.63) is 34.9 Å². The molecule has 0 bridgehead atoms. The topological polar surface area (TPSA) is 61.9 Å². The van der Waals surface area contributed by atoms with Gasteiger partial charge in [-0.2, -0.15) is 0 Å². The first-order chi connectivity index (χ1) is 11.1. The molecule has 0 radical (unpaired) electrons. The summed E-state index contributed by atoms with van der Waals surface area (Å²) in [4.78, 5) is 27.1. The Hall–Kier alpha value is -1.95. The number of hydrogen-bond acceptors (Lipinski definition) is 3. The van der Waals surface area contributed by atoms with Crippen LogP contribution >= 0.6 is 11.6 Å². The summed E-state index contributed by atoms with van der Waals surface area (Å²) in [5, 5.41) is 3.61. The summed E-state index contributed by atoms with van der Waals surface area (Å²) in [5.41, 5.74) is 1.09. The molecule has 1 aliphatic rings. The minimum atomic E-state index is -0.340. The number of hydrogen-bond donors (Lipinski definition) is 1. The van der Waals surface area contributed by atoms with Crippen molar-refractivity contribution in [1.29, 1.82) is 0 Å². The van der Waals surface area contributed by atoms with Crippen molar-refractivity contribution in [1.82, 2.24) is 15.1 Å². The number of benzene rings is 1. The highest BCUT2D eigenvalue weighted by atomic mass is 35.5. The SMILES string of the molecule is COC(=O)N1CCCN(C(=O)NCCc2cccc(Cl)c2)CC1. The smallest absolute Gasteiger partial charge is 0.409 e. The Balaban J connectivity index is 1.76. The standard InChI is InChI=1S/C16H22ClN3O3/c1-23-16(22)20-9-3-8-19(10-11-20)15(21)18-7-6-13-4-2-5-14(17)12-13/h2,4-5,12H,3,6-11H2,1H3,(H,18,21). The predicted octanol–water partition coefficient (Wildman–Crippen LogP) is 2.37. The summed E-state index contributed by atoms with van der Waals surface area (Å²) in [6.45, 7) is 2.80. The first-order valence-electron chi connectivity index (χ1n) is 7.70. The lowest BCUT2D eigenvalue weighted by Gasteiger charge is -2.21. The molecule has 0 aliphatic carbocycles. The number of urea groups is 1. The van der Waals surface area contributed by atoms with Gasteiger partial charge in [-0.25, -0.2) is 9.59 Å². The number of ether oxygens (including phenoxy) is 1. The Kier molecular flexibility index (Phi) is 6.52. The van der Waals surface area contributed by atoms with Gasteiger partial charge in [-0.1, -0.05) is 23.7 Å². The summed E-state index contributed by atoms with van der Waals surface area (Å²) >= 11 is 5.94. The van der Waals surface area contributed by atoms with Gasteiger partial charge >= 0.3 is 12.1 Å². The molecule has 0 unspecified atom stereocenters. The van der Waals surface area contributed by atoms with E-state index >= 15 is 0 Å². The highest BCUT2D eigenvalue weighted by Crippen LogP contribution is 2.11. The highest BCUT2D eigenvalue weighted by Gasteiger charge is 2.21. The number of carbonyl (C=O) groups is 2. The number of methoxy groups -OCH3 is 1. The third kappa shape index (κ3) is 5.32. The molecule has 1 heterocycles. The van der Waals surface area contributed by atoms with Crippen molar-refractivity contribution in [3.8, 4) is 0 Å². The van der Waals surface area contributed by atoms with Gasteiger partial charge in [0.1, 0.15) is 0 Å². The van der Waals surface area contributed by atoms with Crippen LogP contribution in [0.25, 0.3) is 0 Å². The fourth-order valence-corrected chi connectivity index (χ4v) is 2.76. The summed E-state index contributed by atoms with van der Waals surface area (Å²) in [6, 6.07) is 7.51. The van der Waals surface area contributed by atoms with Gasteiger partial charge in [0.05, 0.1) is 7.11 Å². The van der Waals surface area contributed by atoms with Crippen LogP contribution < -0.4 is 5.32 Å². The Bertz CT molecular complexity index is 553. The number of amides is 3. The Morgan fingerprint density at radius 2 is 1.96 bits per heavy atom. The fourth-order valence-electron chi connectivity index (χ4n) is 2.55. The van der Waals surface area contributed by atoms with E-state index in [0.717, 1.165) is 18.4 Å². The van der Waals surface area contributed by atoms with E-state index < -0.39 is 0 Å². The maximum Gasteiger partial charge on any atom is 0.409 e. The first kappa shape index (κ1) is 17.4. The number of halogens is 1. The lowest BCUT2D eigenvalue weighted by Crippen LogP contribution is -2.43. The van der Waals surface area contributed by atoms with Crippen LogP contribution in [0.2, 0.25) is 5.02 Å². The molecule has 126 valence electrons. The van der Waals surface area contributed by atoms with E-state index in [-0.39, 0.29) is 12.1 Å². The molecule has 3 amide bonds. The molecular weight excluding hydrogens is 318 g/mol. The van der Waals surface area contributed by atoms with Crippen LogP contribution in [0, 0.1) is 0 Å². The van der Waals surface area contributed by atoms with Crippen LogP contribution in [0.4, 0.5) is 9.59 Å². The van der Waals surface area contributed by atoms with Crippen LogP contribution in [-0.4, -0.2) is 61.8 Å². The Morgan fingerprint density at radius 1 is 1.22 bits per heavy atom. The second-order valence-corrected chi connectivity index (χ2v) is 5.85. The third-order valence-corrected chi connectivity index (χ3v) is 4.03. The van der Waals surface area contributed by atoms with Crippen molar-refractivity contribution >= 4 is 23.7 Å². The van der Waals surface area contributed by atoms with Gasteiger partial charge in [0, 0.05) is 37.7 Å². The van der Waals surface area contributed by atoms with E-state index in [1.807, 2.05) is 24.3 Å². The largest absolute Gasteiger partial charge is 0.453 e. The van der Waals surface area contributed by atoms with Gasteiger partial charge in [0.25, 0.3) is 0 Å². The summed E-state index contributed by atoms with van der Waals surface area (Å²) in [7, 11) is 1.37. The summed E-state index contributed by atoms with van der Waals surface area (Å²) < 4.78 is 4.72. The molecule has 1 fully saturated rings. The zero-order valence-electron chi connectivity index (χ0n) is 13.3. The van der Waals surface area contributed by atoms with Crippen LogP contribution in [0.3, 0.4) is 0 Å². The number of nitrogens with one attached hydrogen (secondary N) is 1. The Labute approximate surface area is 141 Å². The zero-order valence-corrected chi connectivity index (χ0v) is 14.0. The lowest BCUT2D eigenvalue weighted by atomic mass is 10.1. The number of carbonyl (C=O) groups excluding carboxylic acids is 2. The molecule has 0 spiro atoms. The highest BCUT2D eigenvalue weighted by molar-refractivity contribution is 6.30. The minimum absolute atomic E-state index is 0.0984. The average Bonchev–Trinajstić information content (AvgIpc) is 2.80. The van der Waals surface area contributed by atoms with E-state index in [1.54, 1.807) is 9.80 Å². The molecular formula is C16H22ClN3O3. The van der Waals surface area contributed by atoms with Crippen molar-refractivity contribution in [3.63, 3.8) is 0 Å². The van der Waals surface area contributed by atoms with Crippen molar-refractivity contribution in [2.45, 2.75) is 12.8 Å². The van der Waals surface area contributed by atoms with Crippen LogP contribution in [0.5, 0.6) is 0 Å². The summed E-state index contributed by atoms with van der Waals surface area (Å²) in [6.07, 6.45) is 1.14. The number of nitrogens with zero attached hydrogens (tertiary/aromatic N) is 2.